The Morgan fingerprint density at radius 2 is 1.89 bits per heavy atom. The molecule has 3 aromatic heterocycles. The summed E-state index contributed by atoms with van der Waals surface area (Å²) >= 11 is 1.75. The quantitative estimate of drug-likeness (QED) is 0.217. The molecule has 0 unspecified atom stereocenters. The van der Waals surface area contributed by atoms with Crippen molar-refractivity contribution in [3.63, 3.8) is 0 Å². The van der Waals surface area contributed by atoms with Crippen LogP contribution in [0.15, 0.2) is 54.9 Å². The van der Waals surface area contributed by atoms with Crippen molar-refractivity contribution in [2.24, 2.45) is 11.1 Å². The lowest BCUT2D eigenvalue weighted by molar-refractivity contribution is -0.0834. The number of pyridine rings is 1. The molecule has 3 aliphatic rings. The van der Waals surface area contributed by atoms with E-state index in [1.165, 1.54) is 4.88 Å². The minimum Gasteiger partial charge on any atom is -0.490 e. The van der Waals surface area contributed by atoms with Crippen molar-refractivity contribution in [2.75, 3.05) is 32.9 Å². The average Bonchev–Trinajstić information content (AvgIpc) is 3.65. The number of primary amides is 1. The summed E-state index contributed by atoms with van der Waals surface area (Å²) in [5.41, 5.74) is 7.50. The van der Waals surface area contributed by atoms with Crippen molar-refractivity contribution >= 4 is 28.7 Å². The maximum absolute atomic E-state index is 13.1. The molecule has 4 heterocycles. The minimum absolute atomic E-state index is 0.00680. The van der Waals surface area contributed by atoms with E-state index in [1.54, 1.807) is 60.3 Å². The van der Waals surface area contributed by atoms with Gasteiger partial charge in [0.1, 0.15) is 18.1 Å². The number of morpholine rings is 1. The van der Waals surface area contributed by atoms with Gasteiger partial charge in [0.25, 0.3) is 11.8 Å². The number of benzene rings is 1. The molecule has 2 saturated carbocycles. The zero-order valence-electron chi connectivity index (χ0n) is 26.7. The number of rotatable bonds is 11. The van der Waals surface area contributed by atoms with E-state index in [9.17, 15) is 14.7 Å². The first-order chi connectivity index (χ1) is 22.5. The molecular formula is C35H41N5O6S. The Morgan fingerprint density at radius 3 is 2.64 bits per heavy atom. The number of carbonyl (C=O) groups is 2. The number of fused-ring (bicyclic) bond motifs is 1. The maximum atomic E-state index is 13.1. The average molecular weight is 660 g/mol. The lowest BCUT2D eigenvalue weighted by Gasteiger charge is -2.57. The van der Waals surface area contributed by atoms with Crippen molar-refractivity contribution in [3.05, 3.63) is 70.9 Å². The summed E-state index contributed by atoms with van der Waals surface area (Å²) in [7, 11) is 0. The van der Waals surface area contributed by atoms with Gasteiger partial charge in [-0.1, -0.05) is 6.07 Å². The summed E-state index contributed by atoms with van der Waals surface area (Å²) in [6.07, 6.45) is 6.77. The molecule has 12 heteroatoms. The predicted octanol–water partition coefficient (Wildman–Crippen LogP) is 4.26. The van der Waals surface area contributed by atoms with Crippen molar-refractivity contribution in [3.8, 4) is 21.9 Å². The SMILES string of the molecule is CC(C)(O)COc1ccc2c(C(=O)NC3CC4(C3)CC(Oc3cc(-c5ccc(CN6CCOCC6)s5)ccc3C(N)=O)C4)cnn2c1. The number of ether oxygens (including phenoxy) is 3. The fraction of sp³-hybridized carbons (Fsp3) is 0.457. The summed E-state index contributed by atoms with van der Waals surface area (Å²) in [6, 6.07) is 13.6. The van der Waals surface area contributed by atoms with Gasteiger partial charge in [-0.05, 0) is 86.9 Å². The number of hydrogen-bond acceptors (Lipinski definition) is 9. The molecule has 4 aromatic rings. The van der Waals surface area contributed by atoms with Crippen molar-refractivity contribution < 1.29 is 28.9 Å². The van der Waals surface area contributed by atoms with E-state index in [2.05, 4.69) is 27.4 Å². The number of amides is 2. The number of nitrogens with two attached hydrogens (primary N) is 1. The molecule has 0 radical (unpaired) electrons. The maximum Gasteiger partial charge on any atom is 0.255 e. The fourth-order valence-corrected chi connectivity index (χ4v) is 7.96. The van der Waals surface area contributed by atoms with Gasteiger partial charge in [-0.2, -0.15) is 5.10 Å². The van der Waals surface area contributed by atoms with E-state index in [1.807, 2.05) is 12.1 Å². The summed E-state index contributed by atoms with van der Waals surface area (Å²) in [5, 5.41) is 17.4. The molecule has 1 saturated heterocycles. The van der Waals surface area contributed by atoms with Crippen LogP contribution in [0.2, 0.25) is 0 Å². The van der Waals surface area contributed by atoms with Crippen LogP contribution in [-0.2, 0) is 11.3 Å². The summed E-state index contributed by atoms with van der Waals surface area (Å²) in [6.45, 7) is 7.85. The van der Waals surface area contributed by atoms with Crippen LogP contribution in [-0.4, -0.2) is 82.1 Å². The molecule has 3 fully saturated rings. The molecule has 0 bridgehead atoms. The molecule has 7 rings (SSSR count). The van der Waals surface area contributed by atoms with Crippen LogP contribution in [0, 0.1) is 5.41 Å². The molecule has 1 aliphatic heterocycles. The summed E-state index contributed by atoms with van der Waals surface area (Å²) in [4.78, 5) is 30.2. The minimum atomic E-state index is -0.952. The van der Waals surface area contributed by atoms with Crippen LogP contribution >= 0.6 is 11.3 Å². The third-order valence-corrected chi connectivity index (χ3v) is 10.4. The Bertz CT molecular complexity index is 1770. The second-order valence-electron chi connectivity index (χ2n) is 13.8. The molecule has 1 aromatic carbocycles. The van der Waals surface area contributed by atoms with Crippen molar-refractivity contribution in [1.82, 2.24) is 19.8 Å². The van der Waals surface area contributed by atoms with E-state index in [0.29, 0.717) is 28.1 Å². The van der Waals surface area contributed by atoms with Crippen molar-refractivity contribution in [1.29, 1.82) is 0 Å². The number of hydrogen-bond donors (Lipinski definition) is 3. The zero-order valence-corrected chi connectivity index (χ0v) is 27.6. The molecule has 248 valence electrons. The highest BCUT2D eigenvalue weighted by atomic mass is 32.1. The first-order valence-electron chi connectivity index (χ1n) is 16.2. The normalized spacial score (nSPS) is 22.9. The van der Waals surface area contributed by atoms with E-state index in [4.69, 9.17) is 19.9 Å². The highest BCUT2D eigenvalue weighted by Gasteiger charge is 2.54. The van der Waals surface area contributed by atoms with Crippen LogP contribution < -0.4 is 20.5 Å². The Balaban J connectivity index is 0.928. The van der Waals surface area contributed by atoms with Gasteiger partial charge in [0.2, 0.25) is 0 Å². The topological polar surface area (TPSA) is 141 Å². The largest absolute Gasteiger partial charge is 0.490 e. The third kappa shape index (κ3) is 7.01. The van der Waals surface area contributed by atoms with Gasteiger partial charge < -0.3 is 30.4 Å². The number of aliphatic hydroxyl groups is 1. The van der Waals surface area contributed by atoms with Crippen LogP contribution in [0.4, 0.5) is 0 Å². The number of thiophene rings is 1. The smallest absolute Gasteiger partial charge is 0.255 e. The fourth-order valence-electron chi connectivity index (χ4n) is 6.91. The number of aromatic nitrogens is 2. The highest BCUT2D eigenvalue weighted by molar-refractivity contribution is 7.15. The van der Waals surface area contributed by atoms with E-state index < -0.39 is 11.5 Å². The number of nitrogens with one attached hydrogen (secondary N) is 1. The van der Waals surface area contributed by atoms with Crippen LogP contribution in [0.5, 0.6) is 11.5 Å². The molecule has 1 spiro atoms. The molecule has 2 amide bonds. The molecule has 4 N–H and O–H groups in total. The molecular weight excluding hydrogens is 618 g/mol. The van der Waals surface area contributed by atoms with Gasteiger partial charge >= 0.3 is 0 Å². The first kappa shape index (κ1) is 31.6. The predicted molar refractivity (Wildman–Crippen MR) is 178 cm³/mol. The summed E-state index contributed by atoms with van der Waals surface area (Å²) in [5.74, 6) is 0.439. The van der Waals surface area contributed by atoms with Crippen molar-refractivity contribution in [2.45, 2.75) is 63.8 Å². The Kier molecular flexibility index (Phi) is 8.46. The molecule has 2 aliphatic carbocycles. The van der Waals surface area contributed by atoms with E-state index in [-0.39, 0.29) is 30.1 Å². The van der Waals surface area contributed by atoms with E-state index >= 15 is 0 Å². The number of carbonyl (C=O) groups excluding carboxylic acids is 2. The monoisotopic (exact) mass is 659 g/mol. The molecule has 0 atom stereocenters. The van der Waals surface area contributed by atoms with Gasteiger partial charge in [-0.25, -0.2) is 4.52 Å². The second kappa shape index (κ2) is 12.6. The van der Waals surface area contributed by atoms with E-state index in [0.717, 1.165) is 69.0 Å². The van der Waals surface area contributed by atoms with Gasteiger partial charge in [-0.3, -0.25) is 14.5 Å². The van der Waals surface area contributed by atoms with Gasteiger partial charge in [0.15, 0.2) is 0 Å². The first-order valence-corrected chi connectivity index (χ1v) is 17.0. The zero-order chi connectivity index (χ0) is 32.8. The van der Waals surface area contributed by atoms with Gasteiger partial charge in [0, 0.05) is 35.4 Å². The highest BCUT2D eigenvalue weighted by Crippen LogP contribution is 2.57. The van der Waals surface area contributed by atoms with Crippen LogP contribution in [0.25, 0.3) is 16.0 Å². The van der Waals surface area contributed by atoms with Gasteiger partial charge in [0.05, 0.1) is 54.0 Å². The van der Waals surface area contributed by atoms with Crippen LogP contribution in [0.3, 0.4) is 0 Å². The van der Waals surface area contributed by atoms with Gasteiger partial charge in [-0.15, -0.1) is 11.3 Å². The Hall–Kier alpha value is -3.97. The lowest BCUT2D eigenvalue weighted by atomic mass is 9.53. The third-order valence-electron chi connectivity index (χ3n) is 9.31. The Labute approximate surface area is 277 Å². The Morgan fingerprint density at radius 1 is 1.11 bits per heavy atom. The summed E-state index contributed by atoms with van der Waals surface area (Å²) < 4.78 is 19.1. The molecule has 11 nitrogen and oxygen atoms in total. The number of nitrogens with zero attached hydrogens (tertiary/aromatic N) is 3. The standard InChI is InChI=1S/C35H41N5O6S/c1-34(2,43)21-45-24-4-7-29-28(18-37-40(29)19-24)33(42)38-23-14-35(15-23)16-25(17-35)46-30-13-22(3-6-27(30)32(36)41)31-8-5-26(47-31)20-39-9-11-44-12-10-39/h3-8,13,18-19,23,25,43H,9-12,14-17,20-21H2,1-2H3,(H2,36,41)(H,38,42). The molecule has 47 heavy (non-hydrogen) atoms. The second-order valence-corrected chi connectivity index (χ2v) is 15.0. The van der Waals surface area contributed by atoms with Crippen LogP contribution in [0.1, 0.15) is 65.1 Å². The lowest BCUT2D eigenvalue weighted by Crippen LogP contribution is -2.58.